The molecule has 0 unspecified atom stereocenters. The van der Waals surface area contributed by atoms with Gasteiger partial charge in [0.15, 0.2) is 0 Å². The second-order valence-electron chi connectivity index (χ2n) is 5.93. The summed E-state index contributed by atoms with van der Waals surface area (Å²) in [6, 6.07) is 14.0. The second kappa shape index (κ2) is 19.0. The monoisotopic (exact) mass is 532 g/mol. The maximum absolute atomic E-state index is 12.3. The van der Waals surface area contributed by atoms with E-state index < -0.39 is 13.0 Å². The molecule has 9 heteroatoms. The molecule has 0 amide bonds. The van der Waals surface area contributed by atoms with E-state index in [0.717, 1.165) is 5.56 Å². The Labute approximate surface area is 222 Å². The highest BCUT2D eigenvalue weighted by molar-refractivity contribution is 7.98. The van der Waals surface area contributed by atoms with Gasteiger partial charge in [-0.1, -0.05) is 71.3 Å². The lowest BCUT2D eigenvalue weighted by atomic mass is 9.97. The van der Waals surface area contributed by atoms with Crippen molar-refractivity contribution in [3.8, 4) is 29.0 Å². The zero-order valence-electron chi connectivity index (χ0n) is 21.3. The van der Waals surface area contributed by atoms with Gasteiger partial charge in [0.05, 0.1) is 11.1 Å². The van der Waals surface area contributed by atoms with E-state index in [0.29, 0.717) is 21.9 Å². The Bertz CT molecular complexity index is 1120. The number of rotatable bonds is 7. The molecule has 36 heavy (non-hydrogen) atoms. The topological polar surface area (TPSA) is 82.6 Å². The van der Waals surface area contributed by atoms with Gasteiger partial charge in [0, 0.05) is 23.7 Å². The van der Waals surface area contributed by atoms with Gasteiger partial charge in [-0.15, -0.1) is 11.8 Å². The van der Waals surface area contributed by atoms with E-state index in [2.05, 4.69) is 16.0 Å². The van der Waals surface area contributed by atoms with Crippen molar-refractivity contribution in [1.82, 2.24) is 9.97 Å². The smallest absolute Gasteiger partial charge is 0.272 e. The first-order chi connectivity index (χ1) is 17.5. The lowest BCUT2D eigenvalue weighted by Gasteiger charge is -2.13. The largest absolute Gasteiger partial charge is 0.488 e. The zero-order valence-corrected chi connectivity index (χ0v) is 22.9. The molecule has 0 bridgehead atoms. The lowest BCUT2D eigenvalue weighted by molar-refractivity contribution is 0.0819. The van der Waals surface area contributed by atoms with Gasteiger partial charge in [-0.25, -0.2) is 13.8 Å². The van der Waals surface area contributed by atoms with Crippen molar-refractivity contribution in [3.63, 3.8) is 0 Å². The number of thioether (sulfide) groups is 1. The van der Waals surface area contributed by atoms with Crippen molar-refractivity contribution in [3.05, 3.63) is 70.6 Å². The molecule has 5 nitrogen and oxygen atoms in total. The molecule has 0 spiro atoms. The number of nitriles is 2. The molecule has 0 saturated heterocycles. The van der Waals surface area contributed by atoms with Crippen LogP contribution in [0.5, 0.6) is 5.75 Å². The minimum absolute atomic E-state index is 0.0155. The number of hydrogen-bond donors (Lipinski definition) is 0. The number of hydrogen-bond acceptors (Lipinski definition) is 6. The Morgan fingerprint density at radius 3 is 2.08 bits per heavy atom. The van der Waals surface area contributed by atoms with Crippen molar-refractivity contribution >= 4 is 23.4 Å². The Balaban J connectivity index is 0.00000190. The summed E-state index contributed by atoms with van der Waals surface area (Å²) in [5.74, 6) is 0.764. The average Bonchev–Trinajstić information content (AvgIpc) is 2.94. The van der Waals surface area contributed by atoms with E-state index in [-0.39, 0.29) is 22.0 Å². The summed E-state index contributed by atoms with van der Waals surface area (Å²) in [6.45, 7) is 11.3. The summed E-state index contributed by atoms with van der Waals surface area (Å²) in [5, 5.41) is 19.7. The first kappa shape index (κ1) is 32.8. The minimum atomic E-state index is -2.58. The van der Waals surface area contributed by atoms with Crippen molar-refractivity contribution in [2.45, 2.75) is 58.7 Å². The van der Waals surface area contributed by atoms with Crippen LogP contribution in [0.4, 0.5) is 8.78 Å². The highest BCUT2D eigenvalue weighted by Gasteiger charge is 2.21. The van der Waals surface area contributed by atoms with Crippen LogP contribution < -0.4 is 4.74 Å². The van der Waals surface area contributed by atoms with Crippen LogP contribution in [0.3, 0.4) is 0 Å². The third-order valence-corrected chi connectivity index (χ3v) is 5.28. The third-order valence-electron chi connectivity index (χ3n) is 3.96. The molecule has 3 aromatic rings. The van der Waals surface area contributed by atoms with Crippen LogP contribution in [0.15, 0.2) is 53.8 Å². The number of pyridine rings is 2. The second-order valence-corrected chi connectivity index (χ2v) is 7.25. The van der Waals surface area contributed by atoms with Crippen molar-refractivity contribution in [2.75, 3.05) is 6.61 Å². The zero-order chi connectivity index (χ0) is 27.5. The molecule has 0 saturated carbocycles. The molecule has 0 aliphatic carbocycles. The van der Waals surface area contributed by atoms with Crippen molar-refractivity contribution in [1.29, 1.82) is 10.5 Å². The fourth-order valence-electron chi connectivity index (χ4n) is 2.65. The fourth-order valence-corrected chi connectivity index (χ4v) is 3.84. The molecule has 0 N–H and O–H groups in total. The van der Waals surface area contributed by atoms with Crippen molar-refractivity contribution < 1.29 is 13.5 Å². The summed E-state index contributed by atoms with van der Waals surface area (Å²) >= 11 is 7.54. The molecule has 2 aromatic heterocycles. The van der Waals surface area contributed by atoms with Gasteiger partial charge < -0.3 is 4.74 Å². The van der Waals surface area contributed by atoms with E-state index in [4.69, 9.17) is 16.3 Å². The molecule has 0 aliphatic rings. The first-order valence-corrected chi connectivity index (χ1v) is 13.0. The summed E-state index contributed by atoms with van der Waals surface area (Å²) in [6.07, 6.45) is 0.792. The molecular weight excluding hydrogens is 502 g/mol. The average molecular weight is 533 g/mol. The lowest BCUT2D eigenvalue weighted by Crippen LogP contribution is -2.06. The Morgan fingerprint density at radius 2 is 1.58 bits per heavy atom. The van der Waals surface area contributed by atoms with Gasteiger partial charge in [0.1, 0.15) is 34.7 Å². The standard InChI is InChI=1S/C21H13ClF2N4OS.3C2H6/c22-20-16(8-25)19(14-3-5-15(6-4-14)29-11-18(23)24)17(9-26)21(28-20)30-12-13-2-1-7-27-10-13;3*1-2/h1-7,10,18H,11-12H2;3*1-2H3. The maximum Gasteiger partial charge on any atom is 0.272 e. The molecule has 0 atom stereocenters. The quantitative estimate of drug-likeness (QED) is 0.224. The number of benzene rings is 1. The predicted molar refractivity (Wildman–Crippen MR) is 143 cm³/mol. The van der Waals surface area contributed by atoms with Crippen LogP contribution >= 0.6 is 23.4 Å². The van der Waals surface area contributed by atoms with E-state index in [1.165, 1.54) is 23.9 Å². The van der Waals surface area contributed by atoms with Crippen LogP contribution in [0.25, 0.3) is 11.1 Å². The normalized spacial score (nSPS) is 9.22. The molecule has 1 aromatic carbocycles. The Kier molecular flexibility index (Phi) is 17.4. The van der Waals surface area contributed by atoms with Crippen LogP contribution in [-0.2, 0) is 5.75 Å². The van der Waals surface area contributed by atoms with E-state index in [9.17, 15) is 19.3 Å². The summed E-state index contributed by atoms with van der Waals surface area (Å²) in [4.78, 5) is 8.29. The molecule has 192 valence electrons. The molecule has 0 fully saturated rings. The van der Waals surface area contributed by atoms with Gasteiger partial charge in [0.25, 0.3) is 6.43 Å². The van der Waals surface area contributed by atoms with Crippen LogP contribution in [0.1, 0.15) is 58.2 Å². The number of nitrogens with zero attached hydrogens (tertiary/aromatic N) is 4. The van der Waals surface area contributed by atoms with Crippen LogP contribution in [0.2, 0.25) is 5.15 Å². The molecule has 3 rings (SSSR count). The van der Waals surface area contributed by atoms with Crippen LogP contribution in [0, 0.1) is 22.7 Å². The first-order valence-electron chi connectivity index (χ1n) is 11.6. The van der Waals surface area contributed by atoms with Gasteiger partial charge in [-0.2, -0.15) is 10.5 Å². The molecule has 2 heterocycles. The molecule has 0 radical (unpaired) electrons. The number of ether oxygens (including phenoxy) is 1. The van der Waals surface area contributed by atoms with E-state index >= 15 is 0 Å². The van der Waals surface area contributed by atoms with E-state index in [1.54, 1.807) is 24.5 Å². The number of aromatic nitrogens is 2. The SMILES string of the molecule is CC.CC.CC.N#Cc1c(Cl)nc(SCc2cccnc2)c(C#N)c1-c1ccc(OCC(F)F)cc1. The summed E-state index contributed by atoms with van der Waals surface area (Å²) in [5.41, 5.74) is 2.09. The maximum atomic E-state index is 12.3. The molecule has 0 aliphatic heterocycles. The van der Waals surface area contributed by atoms with Gasteiger partial charge >= 0.3 is 0 Å². The van der Waals surface area contributed by atoms with Gasteiger partial charge in [-0.05, 0) is 29.3 Å². The fraction of sp³-hybridized carbons (Fsp3) is 0.333. The summed E-state index contributed by atoms with van der Waals surface area (Å²) < 4.78 is 29.6. The Morgan fingerprint density at radius 1 is 0.972 bits per heavy atom. The summed E-state index contributed by atoms with van der Waals surface area (Å²) in [7, 11) is 0. The highest BCUT2D eigenvalue weighted by Crippen LogP contribution is 2.37. The number of alkyl halides is 2. The van der Waals surface area contributed by atoms with Gasteiger partial charge in [-0.3, -0.25) is 4.98 Å². The molecular formula is C27H31ClF2N4OS. The third kappa shape index (κ3) is 9.81. The minimum Gasteiger partial charge on any atom is -0.488 e. The predicted octanol–water partition coefficient (Wildman–Crippen LogP) is 8.56. The van der Waals surface area contributed by atoms with E-state index in [1.807, 2.05) is 59.7 Å². The van der Waals surface area contributed by atoms with Crippen molar-refractivity contribution in [2.24, 2.45) is 0 Å². The highest BCUT2D eigenvalue weighted by atomic mass is 35.5. The van der Waals surface area contributed by atoms with Gasteiger partial charge in [0.2, 0.25) is 0 Å². The Hall–Kier alpha value is -3.20. The number of halogens is 3. The van der Waals surface area contributed by atoms with Crippen LogP contribution in [-0.4, -0.2) is 23.0 Å².